The highest BCUT2D eigenvalue weighted by Gasteiger charge is 2.20. The highest BCUT2D eigenvalue weighted by molar-refractivity contribution is 5.78. The largest absolute Gasteiger partial charge is 0.463 e. The van der Waals surface area contributed by atoms with Crippen LogP contribution in [0.15, 0.2) is 0 Å². The Bertz CT molecular complexity index is 467. The normalized spacial score (nSPS) is 17.7. The molecule has 2 rings (SSSR count). The zero-order valence-electron chi connectivity index (χ0n) is 11.8. The standard InChI is InChI=1S/C12H20N6O2/c1-3-6-20-12-17-10(13-2)16-11(18-12)14-7-8-4-5-9(19)15-8/h8H,3-7H2,1-2H3,(H,15,19)(H2,13,14,16,17,18). The van der Waals surface area contributed by atoms with Gasteiger partial charge in [-0.15, -0.1) is 0 Å². The van der Waals surface area contributed by atoms with Crippen molar-refractivity contribution in [3.8, 4) is 6.01 Å². The molecular weight excluding hydrogens is 260 g/mol. The summed E-state index contributed by atoms with van der Waals surface area (Å²) in [6.45, 7) is 3.17. The Morgan fingerprint density at radius 2 is 2.15 bits per heavy atom. The minimum atomic E-state index is 0.0929. The van der Waals surface area contributed by atoms with Crippen molar-refractivity contribution in [1.29, 1.82) is 0 Å². The second-order valence-corrected chi connectivity index (χ2v) is 4.55. The molecule has 0 radical (unpaired) electrons. The topological polar surface area (TPSA) is 101 Å². The highest BCUT2D eigenvalue weighted by Crippen LogP contribution is 2.12. The van der Waals surface area contributed by atoms with Crippen molar-refractivity contribution >= 4 is 17.8 Å². The minimum Gasteiger partial charge on any atom is -0.463 e. The second kappa shape index (κ2) is 6.88. The van der Waals surface area contributed by atoms with Crippen molar-refractivity contribution in [3.63, 3.8) is 0 Å². The van der Waals surface area contributed by atoms with Gasteiger partial charge in [-0.1, -0.05) is 6.92 Å². The molecule has 1 unspecified atom stereocenters. The Kier molecular flexibility index (Phi) is 4.91. The number of carbonyl (C=O) groups is 1. The minimum absolute atomic E-state index is 0.0929. The molecule has 1 atom stereocenters. The van der Waals surface area contributed by atoms with E-state index in [0.29, 0.717) is 37.5 Å². The average Bonchev–Trinajstić information content (AvgIpc) is 2.88. The zero-order chi connectivity index (χ0) is 14.4. The summed E-state index contributed by atoms with van der Waals surface area (Å²) in [7, 11) is 1.74. The molecule has 1 aliphatic rings. The summed E-state index contributed by atoms with van der Waals surface area (Å²) < 4.78 is 5.42. The van der Waals surface area contributed by atoms with Crippen LogP contribution in [0.1, 0.15) is 26.2 Å². The summed E-state index contributed by atoms with van der Waals surface area (Å²) in [6.07, 6.45) is 2.29. The van der Waals surface area contributed by atoms with Crippen LogP contribution in [0.25, 0.3) is 0 Å². The van der Waals surface area contributed by atoms with Crippen LogP contribution in [0.4, 0.5) is 11.9 Å². The van der Waals surface area contributed by atoms with Crippen LogP contribution in [-0.2, 0) is 4.79 Å². The lowest BCUT2D eigenvalue weighted by atomic mass is 10.2. The van der Waals surface area contributed by atoms with E-state index in [1.807, 2.05) is 6.92 Å². The Morgan fingerprint density at radius 3 is 2.80 bits per heavy atom. The van der Waals surface area contributed by atoms with Crippen LogP contribution in [0.3, 0.4) is 0 Å². The monoisotopic (exact) mass is 280 g/mol. The first-order valence-electron chi connectivity index (χ1n) is 6.81. The molecule has 1 aromatic rings. The smallest absolute Gasteiger partial charge is 0.323 e. The summed E-state index contributed by atoms with van der Waals surface area (Å²) in [5.74, 6) is 0.982. The molecule has 0 spiro atoms. The Morgan fingerprint density at radius 1 is 1.35 bits per heavy atom. The van der Waals surface area contributed by atoms with Gasteiger partial charge < -0.3 is 20.7 Å². The number of aromatic nitrogens is 3. The van der Waals surface area contributed by atoms with E-state index < -0.39 is 0 Å². The molecule has 1 aromatic heterocycles. The van der Waals surface area contributed by atoms with E-state index in [9.17, 15) is 4.79 Å². The third-order valence-corrected chi connectivity index (χ3v) is 2.87. The van der Waals surface area contributed by atoms with Crippen LogP contribution in [0.2, 0.25) is 0 Å². The molecule has 3 N–H and O–H groups in total. The molecule has 0 bridgehead atoms. The van der Waals surface area contributed by atoms with Gasteiger partial charge in [0.15, 0.2) is 0 Å². The van der Waals surface area contributed by atoms with Gasteiger partial charge in [-0.2, -0.15) is 15.0 Å². The summed E-state index contributed by atoms with van der Waals surface area (Å²) in [4.78, 5) is 23.6. The number of hydrogen-bond donors (Lipinski definition) is 3. The van der Waals surface area contributed by atoms with Gasteiger partial charge in [0, 0.05) is 26.1 Å². The van der Waals surface area contributed by atoms with Crippen molar-refractivity contribution in [3.05, 3.63) is 0 Å². The molecule has 1 aliphatic heterocycles. The third-order valence-electron chi connectivity index (χ3n) is 2.87. The highest BCUT2D eigenvalue weighted by atomic mass is 16.5. The summed E-state index contributed by atoms with van der Waals surface area (Å²) in [5, 5.41) is 8.85. The number of anilines is 2. The maximum absolute atomic E-state index is 11.1. The molecule has 8 heteroatoms. The number of carbonyl (C=O) groups excluding carboxylic acids is 1. The summed E-state index contributed by atoms with van der Waals surface area (Å²) in [6, 6.07) is 0.418. The molecule has 0 saturated carbocycles. The van der Waals surface area contributed by atoms with Gasteiger partial charge in [-0.25, -0.2) is 0 Å². The van der Waals surface area contributed by atoms with Gasteiger partial charge in [0.25, 0.3) is 0 Å². The van der Waals surface area contributed by atoms with Crippen molar-refractivity contribution in [1.82, 2.24) is 20.3 Å². The Hall–Kier alpha value is -2.12. The van der Waals surface area contributed by atoms with Crippen molar-refractivity contribution in [2.24, 2.45) is 0 Å². The summed E-state index contributed by atoms with van der Waals surface area (Å²) >= 11 is 0. The van der Waals surface area contributed by atoms with Gasteiger partial charge in [-0.05, 0) is 12.8 Å². The number of rotatable bonds is 7. The molecule has 2 heterocycles. The number of amides is 1. The molecule has 1 fully saturated rings. The van der Waals surface area contributed by atoms with Gasteiger partial charge in [0.1, 0.15) is 0 Å². The van der Waals surface area contributed by atoms with Gasteiger partial charge >= 0.3 is 6.01 Å². The van der Waals surface area contributed by atoms with E-state index in [1.54, 1.807) is 7.05 Å². The lowest BCUT2D eigenvalue weighted by Crippen LogP contribution is -2.32. The quantitative estimate of drug-likeness (QED) is 0.664. The predicted molar refractivity (Wildman–Crippen MR) is 74.8 cm³/mol. The van der Waals surface area contributed by atoms with Gasteiger partial charge in [0.2, 0.25) is 17.8 Å². The number of nitrogens with one attached hydrogen (secondary N) is 3. The second-order valence-electron chi connectivity index (χ2n) is 4.55. The van der Waals surface area contributed by atoms with Crippen molar-refractivity contribution < 1.29 is 9.53 Å². The molecule has 20 heavy (non-hydrogen) atoms. The number of ether oxygens (including phenoxy) is 1. The van der Waals surface area contributed by atoms with Crippen LogP contribution < -0.4 is 20.7 Å². The van der Waals surface area contributed by atoms with Gasteiger partial charge in [-0.3, -0.25) is 4.79 Å². The van der Waals surface area contributed by atoms with E-state index in [0.717, 1.165) is 12.8 Å². The van der Waals surface area contributed by atoms with Crippen LogP contribution in [0, 0.1) is 0 Å². The van der Waals surface area contributed by atoms with E-state index in [-0.39, 0.29) is 11.9 Å². The first kappa shape index (κ1) is 14.3. The maximum Gasteiger partial charge on any atom is 0.323 e. The first-order chi connectivity index (χ1) is 9.71. The molecule has 8 nitrogen and oxygen atoms in total. The Balaban J connectivity index is 1.96. The average molecular weight is 280 g/mol. The van der Waals surface area contributed by atoms with Crippen LogP contribution in [0.5, 0.6) is 6.01 Å². The van der Waals surface area contributed by atoms with E-state index >= 15 is 0 Å². The Labute approximate surface area is 117 Å². The number of hydrogen-bond acceptors (Lipinski definition) is 7. The molecule has 110 valence electrons. The van der Waals surface area contributed by atoms with E-state index in [2.05, 4.69) is 30.9 Å². The first-order valence-corrected chi connectivity index (χ1v) is 6.81. The fourth-order valence-electron chi connectivity index (χ4n) is 1.85. The third kappa shape index (κ3) is 3.94. The van der Waals surface area contributed by atoms with E-state index in [1.165, 1.54) is 0 Å². The summed E-state index contributed by atoms with van der Waals surface area (Å²) in [5.41, 5.74) is 0. The lowest BCUT2D eigenvalue weighted by molar-refractivity contribution is -0.119. The van der Waals surface area contributed by atoms with Crippen LogP contribution >= 0.6 is 0 Å². The fourth-order valence-corrected chi connectivity index (χ4v) is 1.85. The van der Waals surface area contributed by atoms with E-state index in [4.69, 9.17) is 4.74 Å². The van der Waals surface area contributed by atoms with Gasteiger partial charge in [0.05, 0.1) is 6.61 Å². The predicted octanol–water partition coefficient (Wildman–Crippen LogP) is 0.393. The molecule has 1 saturated heterocycles. The zero-order valence-corrected chi connectivity index (χ0v) is 11.8. The van der Waals surface area contributed by atoms with Crippen LogP contribution in [-0.4, -0.2) is 47.1 Å². The molecule has 0 aromatic carbocycles. The van der Waals surface area contributed by atoms with Crippen molar-refractivity contribution in [2.45, 2.75) is 32.2 Å². The maximum atomic E-state index is 11.1. The molecule has 0 aliphatic carbocycles. The fraction of sp³-hybridized carbons (Fsp3) is 0.667. The lowest BCUT2D eigenvalue weighted by Gasteiger charge is -2.12. The SMILES string of the molecule is CCCOc1nc(NC)nc(NCC2CCC(=O)N2)n1. The number of nitrogens with zero attached hydrogens (tertiary/aromatic N) is 3. The van der Waals surface area contributed by atoms with Crippen molar-refractivity contribution in [2.75, 3.05) is 30.8 Å². The molecular formula is C12H20N6O2. The molecule has 1 amide bonds.